The number of hydrogen-bond acceptors (Lipinski definition) is 6. The number of oxime groups is 1. The second-order valence-corrected chi connectivity index (χ2v) is 7.11. The van der Waals surface area contributed by atoms with Crippen molar-refractivity contribution in [3.63, 3.8) is 0 Å². The van der Waals surface area contributed by atoms with E-state index < -0.39 is 29.8 Å². The molecule has 5 nitrogen and oxygen atoms in total. The summed E-state index contributed by atoms with van der Waals surface area (Å²) >= 11 is 7.21. The predicted octanol–water partition coefficient (Wildman–Crippen LogP) is 3.85. The number of ketones is 1. The lowest BCUT2D eigenvalue weighted by molar-refractivity contribution is -0.158. The van der Waals surface area contributed by atoms with Crippen LogP contribution in [-0.4, -0.2) is 29.7 Å². The van der Waals surface area contributed by atoms with Gasteiger partial charge in [0.05, 0.1) is 9.21 Å². The number of ether oxygens (including phenoxy) is 1. The summed E-state index contributed by atoms with van der Waals surface area (Å²) in [4.78, 5) is 30.3. The zero-order valence-corrected chi connectivity index (χ0v) is 14.6. The van der Waals surface area contributed by atoms with Gasteiger partial charge in [-0.1, -0.05) is 16.8 Å². The summed E-state index contributed by atoms with van der Waals surface area (Å²) in [5.41, 5.74) is 0.871. The van der Waals surface area contributed by atoms with Crippen LogP contribution in [0.4, 0.5) is 4.39 Å². The molecule has 0 unspecified atom stereocenters. The van der Waals surface area contributed by atoms with Crippen molar-refractivity contribution in [1.82, 2.24) is 0 Å². The highest BCUT2D eigenvalue weighted by Crippen LogP contribution is 2.26. The second kappa shape index (κ2) is 7.33. The average Bonchev–Trinajstić information content (AvgIpc) is 3.23. The van der Waals surface area contributed by atoms with Gasteiger partial charge in [-0.3, -0.25) is 4.79 Å². The fraction of sp³-hybridized carbons (Fsp3) is 0.235. The highest BCUT2D eigenvalue weighted by atomic mass is 35.5. The number of carbonyl (C=O) groups is 2. The van der Waals surface area contributed by atoms with Gasteiger partial charge in [-0.15, -0.1) is 11.3 Å². The Hall–Kier alpha value is -2.25. The Morgan fingerprint density at radius 1 is 1.32 bits per heavy atom. The molecular formula is C17H13ClFNO4S. The molecule has 1 aromatic carbocycles. The maximum absolute atomic E-state index is 12.9. The summed E-state index contributed by atoms with van der Waals surface area (Å²) in [7, 11) is 0. The van der Waals surface area contributed by atoms with Crippen LogP contribution in [-0.2, 0) is 14.4 Å². The number of nitrogens with zero attached hydrogens (tertiary/aromatic N) is 1. The van der Waals surface area contributed by atoms with Crippen LogP contribution < -0.4 is 0 Å². The normalized spacial score (nSPS) is 17.6. The molecule has 0 spiro atoms. The maximum atomic E-state index is 12.9. The molecule has 1 aliphatic heterocycles. The third-order valence-corrected chi connectivity index (χ3v) is 4.86. The molecule has 3 rings (SSSR count). The minimum absolute atomic E-state index is 0.243. The smallest absolute Gasteiger partial charge is 0.351 e. The van der Waals surface area contributed by atoms with Gasteiger partial charge in [0.15, 0.2) is 6.10 Å². The molecular weight excluding hydrogens is 369 g/mol. The average molecular weight is 382 g/mol. The number of rotatable bonds is 5. The van der Waals surface area contributed by atoms with Gasteiger partial charge in [0, 0.05) is 12.0 Å². The molecule has 0 bridgehead atoms. The Morgan fingerprint density at radius 2 is 2.04 bits per heavy atom. The number of hydrogen-bond donors (Lipinski definition) is 0. The van der Waals surface area contributed by atoms with Crippen molar-refractivity contribution < 1.29 is 23.6 Å². The van der Waals surface area contributed by atoms with Gasteiger partial charge < -0.3 is 9.57 Å². The molecule has 0 aliphatic carbocycles. The largest absolute Gasteiger partial charge is 0.451 e. The van der Waals surface area contributed by atoms with Crippen molar-refractivity contribution >= 4 is 40.4 Å². The number of carbonyl (C=O) groups excluding carboxylic acids is 2. The van der Waals surface area contributed by atoms with E-state index in [2.05, 4.69) is 5.16 Å². The Kier molecular flexibility index (Phi) is 5.15. The Balaban J connectivity index is 1.57. The van der Waals surface area contributed by atoms with E-state index in [-0.39, 0.29) is 12.0 Å². The molecule has 2 atom stereocenters. The SMILES string of the molecule is C[C@@H](OC(=O)[C@@H]1CC(c2ccc(Cl)s2)=NO1)C(=O)c1ccc(F)cc1. The van der Waals surface area contributed by atoms with E-state index in [0.29, 0.717) is 10.0 Å². The first kappa shape index (κ1) is 17.6. The molecule has 2 heterocycles. The van der Waals surface area contributed by atoms with Gasteiger partial charge in [-0.25, -0.2) is 9.18 Å². The molecule has 0 fully saturated rings. The van der Waals surface area contributed by atoms with Crippen molar-refractivity contribution in [2.45, 2.75) is 25.6 Å². The molecule has 0 N–H and O–H groups in total. The zero-order chi connectivity index (χ0) is 18.0. The number of benzene rings is 1. The van der Waals surface area contributed by atoms with Crippen LogP contribution in [0, 0.1) is 5.82 Å². The van der Waals surface area contributed by atoms with Gasteiger partial charge in [-0.05, 0) is 43.3 Å². The second-order valence-electron chi connectivity index (χ2n) is 5.39. The number of Topliss-reactive ketones (excluding diaryl/α,β-unsaturated/α-hetero) is 1. The van der Waals surface area contributed by atoms with Gasteiger partial charge in [0.25, 0.3) is 0 Å². The van der Waals surface area contributed by atoms with Crippen molar-refractivity contribution in [2.75, 3.05) is 0 Å². The lowest BCUT2D eigenvalue weighted by Crippen LogP contribution is -2.31. The van der Waals surface area contributed by atoms with Gasteiger partial charge in [-0.2, -0.15) is 0 Å². The number of thiophene rings is 1. The predicted molar refractivity (Wildman–Crippen MR) is 91.6 cm³/mol. The third kappa shape index (κ3) is 4.05. The minimum atomic E-state index is -1.01. The highest BCUT2D eigenvalue weighted by Gasteiger charge is 2.33. The molecule has 25 heavy (non-hydrogen) atoms. The summed E-state index contributed by atoms with van der Waals surface area (Å²) in [5.74, 6) is -1.54. The molecule has 130 valence electrons. The van der Waals surface area contributed by atoms with E-state index in [1.54, 1.807) is 12.1 Å². The minimum Gasteiger partial charge on any atom is -0.451 e. The molecule has 1 aliphatic rings. The van der Waals surface area contributed by atoms with Crippen molar-refractivity contribution in [1.29, 1.82) is 0 Å². The maximum Gasteiger partial charge on any atom is 0.351 e. The first-order valence-corrected chi connectivity index (χ1v) is 8.62. The summed E-state index contributed by atoms with van der Waals surface area (Å²) in [6, 6.07) is 8.57. The van der Waals surface area contributed by atoms with Crippen LogP contribution in [0.5, 0.6) is 0 Å². The molecule has 2 aromatic rings. The molecule has 8 heteroatoms. The highest BCUT2D eigenvalue weighted by molar-refractivity contribution is 7.18. The van der Waals surface area contributed by atoms with E-state index in [1.165, 1.54) is 42.5 Å². The molecule has 0 radical (unpaired) electrons. The van der Waals surface area contributed by atoms with Gasteiger partial charge in [0.2, 0.25) is 11.9 Å². The van der Waals surface area contributed by atoms with E-state index in [1.807, 2.05) is 0 Å². The Labute approximate surface area is 152 Å². The summed E-state index contributed by atoms with van der Waals surface area (Å²) in [6.07, 6.45) is -1.67. The van der Waals surface area contributed by atoms with E-state index in [0.717, 1.165) is 4.88 Å². The molecule has 0 saturated heterocycles. The van der Waals surface area contributed by atoms with E-state index in [4.69, 9.17) is 21.2 Å². The standard InChI is InChI=1S/C17H13ClFNO4S/c1-9(16(21)10-2-4-11(19)5-3-10)23-17(22)13-8-12(20-24-13)14-6-7-15(18)25-14/h2-7,9,13H,8H2,1H3/t9-,13+/m1/s1. The fourth-order valence-corrected chi connectivity index (χ4v) is 3.30. The lowest BCUT2D eigenvalue weighted by Gasteiger charge is -2.14. The van der Waals surface area contributed by atoms with E-state index in [9.17, 15) is 14.0 Å². The Morgan fingerprint density at radius 3 is 2.68 bits per heavy atom. The monoisotopic (exact) mass is 381 g/mol. The van der Waals surface area contributed by atoms with Crippen LogP contribution in [0.25, 0.3) is 0 Å². The van der Waals surface area contributed by atoms with Crippen LogP contribution in [0.2, 0.25) is 4.34 Å². The molecule has 0 amide bonds. The van der Waals surface area contributed by atoms with E-state index >= 15 is 0 Å². The molecule has 1 aromatic heterocycles. The van der Waals surface area contributed by atoms with Crippen LogP contribution in [0.1, 0.15) is 28.6 Å². The first-order chi connectivity index (χ1) is 11.9. The Bertz CT molecular complexity index is 833. The van der Waals surface area contributed by atoms with Gasteiger partial charge >= 0.3 is 5.97 Å². The number of halogens is 2. The quantitative estimate of drug-likeness (QED) is 0.583. The summed E-state index contributed by atoms with van der Waals surface area (Å²) in [5, 5.41) is 3.88. The van der Waals surface area contributed by atoms with Gasteiger partial charge in [0.1, 0.15) is 11.5 Å². The van der Waals surface area contributed by atoms with Crippen molar-refractivity contribution in [2.24, 2.45) is 5.16 Å². The van der Waals surface area contributed by atoms with Crippen LogP contribution in [0.15, 0.2) is 41.6 Å². The molecule has 0 saturated carbocycles. The van der Waals surface area contributed by atoms with Crippen LogP contribution in [0.3, 0.4) is 0 Å². The van der Waals surface area contributed by atoms with Crippen molar-refractivity contribution in [3.8, 4) is 0 Å². The number of esters is 1. The van der Waals surface area contributed by atoms with Crippen LogP contribution >= 0.6 is 22.9 Å². The first-order valence-electron chi connectivity index (χ1n) is 7.42. The lowest BCUT2D eigenvalue weighted by atomic mass is 10.1. The zero-order valence-electron chi connectivity index (χ0n) is 13.1. The fourth-order valence-electron chi connectivity index (χ4n) is 2.27. The summed E-state index contributed by atoms with van der Waals surface area (Å²) in [6.45, 7) is 1.46. The van der Waals surface area contributed by atoms with Crippen molar-refractivity contribution in [3.05, 3.63) is 57.0 Å². The topological polar surface area (TPSA) is 65.0 Å². The summed E-state index contributed by atoms with van der Waals surface area (Å²) < 4.78 is 18.7. The third-order valence-electron chi connectivity index (χ3n) is 3.58.